The van der Waals surface area contributed by atoms with E-state index in [0.717, 1.165) is 19.3 Å². The Labute approximate surface area is 179 Å². The van der Waals surface area contributed by atoms with Crippen molar-refractivity contribution in [3.05, 3.63) is 63.6 Å². The highest BCUT2D eigenvalue weighted by molar-refractivity contribution is 7.89. The second-order valence-corrected chi connectivity index (χ2v) is 9.39. The highest BCUT2D eigenvalue weighted by Gasteiger charge is 2.26. The van der Waals surface area contributed by atoms with Crippen molar-refractivity contribution >= 4 is 45.0 Å². The molecule has 0 atom stereocenters. The number of rotatable bonds is 6. The van der Waals surface area contributed by atoms with Gasteiger partial charge in [-0.25, -0.2) is 13.2 Å². The fraction of sp³-hybridized carbons (Fsp3) is 0.300. The summed E-state index contributed by atoms with van der Waals surface area (Å²) in [5.74, 6) is -1.20. The fourth-order valence-electron chi connectivity index (χ4n) is 3.03. The number of hydrogen-bond donors (Lipinski definition) is 0. The molecule has 0 unspecified atom stereocenters. The first kappa shape index (κ1) is 21.8. The Morgan fingerprint density at radius 2 is 1.62 bits per heavy atom. The van der Waals surface area contributed by atoms with E-state index in [-0.39, 0.29) is 21.0 Å². The molecule has 1 heterocycles. The van der Waals surface area contributed by atoms with Crippen LogP contribution in [0, 0.1) is 0 Å². The van der Waals surface area contributed by atoms with Crippen LogP contribution in [0.15, 0.2) is 47.4 Å². The third-order valence-corrected chi connectivity index (χ3v) is 7.07. The molecule has 0 amide bonds. The summed E-state index contributed by atoms with van der Waals surface area (Å²) >= 11 is 11.8. The number of esters is 1. The van der Waals surface area contributed by atoms with Gasteiger partial charge in [-0.1, -0.05) is 29.6 Å². The summed E-state index contributed by atoms with van der Waals surface area (Å²) in [7, 11) is -3.57. The average molecular weight is 456 g/mol. The Morgan fingerprint density at radius 3 is 2.24 bits per heavy atom. The molecule has 1 aliphatic heterocycles. The molecular weight excluding hydrogens is 437 g/mol. The highest BCUT2D eigenvalue weighted by atomic mass is 35.5. The van der Waals surface area contributed by atoms with Gasteiger partial charge in [0.15, 0.2) is 6.61 Å². The number of ether oxygens (including phenoxy) is 1. The zero-order chi connectivity index (χ0) is 21.0. The van der Waals surface area contributed by atoms with E-state index in [1.807, 2.05) is 0 Å². The Kier molecular flexibility index (Phi) is 6.95. The molecule has 0 radical (unpaired) electrons. The number of Topliss-reactive ketones (excluding diaryl/α,β-unsaturated/α-hetero) is 1. The Hall–Kier alpha value is -1.93. The maximum absolute atomic E-state index is 12.6. The smallest absolute Gasteiger partial charge is 0.338 e. The maximum atomic E-state index is 12.6. The van der Waals surface area contributed by atoms with Crippen LogP contribution in [0.25, 0.3) is 0 Å². The van der Waals surface area contributed by atoms with E-state index >= 15 is 0 Å². The van der Waals surface area contributed by atoms with Gasteiger partial charge in [0.05, 0.1) is 15.5 Å². The van der Waals surface area contributed by atoms with E-state index in [0.29, 0.717) is 18.1 Å². The number of carbonyl (C=O) groups excluding carboxylic acids is 2. The minimum Gasteiger partial charge on any atom is -0.454 e. The zero-order valence-electron chi connectivity index (χ0n) is 15.4. The topological polar surface area (TPSA) is 80.8 Å². The number of halogens is 2. The summed E-state index contributed by atoms with van der Waals surface area (Å²) in [6.07, 6.45) is 2.71. The minimum absolute atomic E-state index is 0.125. The van der Waals surface area contributed by atoms with E-state index in [4.69, 9.17) is 27.9 Å². The van der Waals surface area contributed by atoms with E-state index in [1.54, 1.807) is 0 Å². The summed E-state index contributed by atoms with van der Waals surface area (Å²) in [5.41, 5.74) is 0.351. The zero-order valence-corrected chi connectivity index (χ0v) is 17.8. The number of benzene rings is 2. The molecule has 0 aliphatic carbocycles. The number of nitrogens with zero attached hydrogens (tertiary/aromatic N) is 1. The predicted molar refractivity (Wildman–Crippen MR) is 110 cm³/mol. The first-order chi connectivity index (χ1) is 13.8. The van der Waals surface area contributed by atoms with Gasteiger partial charge in [-0.05, 0) is 55.3 Å². The Morgan fingerprint density at radius 1 is 0.966 bits per heavy atom. The Bertz CT molecular complexity index is 1020. The van der Waals surface area contributed by atoms with Crippen molar-refractivity contribution in [2.75, 3.05) is 19.7 Å². The molecule has 0 bridgehead atoms. The summed E-state index contributed by atoms with van der Waals surface area (Å²) in [6.45, 7) is 0.511. The van der Waals surface area contributed by atoms with E-state index in [1.165, 1.54) is 46.8 Å². The van der Waals surface area contributed by atoms with E-state index in [2.05, 4.69) is 0 Å². The number of carbonyl (C=O) groups is 2. The number of sulfonamides is 1. The summed E-state index contributed by atoms with van der Waals surface area (Å²) < 4.78 is 31.8. The van der Waals surface area contributed by atoms with Crippen molar-refractivity contribution in [3.8, 4) is 0 Å². The van der Waals surface area contributed by atoms with E-state index < -0.39 is 28.4 Å². The van der Waals surface area contributed by atoms with Gasteiger partial charge in [0.2, 0.25) is 15.8 Å². The number of hydrogen-bond acceptors (Lipinski definition) is 5. The minimum atomic E-state index is -3.57. The molecular formula is C20H19Cl2NO5S. The summed E-state index contributed by atoms with van der Waals surface area (Å²) in [4.78, 5) is 24.5. The summed E-state index contributed by atoms with van der Waals surface area (Å²) in [5, 5.41) is 0.564. The summed E-state index contributed by atoms with van der Waals surface area (Å²) in [6, 6.07) is 9.90. The number of piperidine rings is 1. The van der Waals surface area contributed by atoms with Gasteiger partial charge >= 0.3 is 5.97 Å². The SMILES string of the molecule is O=C(OCC(=O)c1ccc(Cl)cc1Cl)c1ccc(S(=O)(=O)N2CCCCC2)cc1. The molecule has 1 fully saturated rings. The molecule has 0 saturated carbocycles. The first-order valence-corrected chi connectivity index (χ1v) is 11.2. The van der Waals surface area contributed by atoms with Gasteiger partial charge in [-0.3, -0.25) is 4.79 Å². The lowest BCUT2D eigenvalue weighted by atomic mass is 10.1. The van der Waals surface area contributed by atoms with Gasteiger partial charge in [0, 0.05) is 23.7 Å². The second kappa shape index (κ2) is 9.26. The van der Waals surface area contributed by atoms with Crippen molar-refractivity contribution in [2.24, 2.45) is 0 Å². The molecule has 6 nitrogen and oxygen atoms in total. The normalized spacial score (nSPS) is 15.1. The van der Waals surface area contributed by atoms with E-state index in [9.17, 15) is 18.0 Å². The third-order valence-electron chi connectivity index (χ3n) is 4.61. The van der Waals surface area contributed by atoms with Crippen molar-refractivity contribution in [1.29, 1.82) is 0 Å². The molecule has 0 aromatic heterocycles. The van der Waals surface area contributed by atoms with Crippen LogP contribution in [-0.4, -0.2) is 44.2 Å². The molecule has 9 heteroatoms. The standard InChI is InChI=1S/C20H19Cl2NO5S/c21-15-6-9-17(18(22)12-15)19(24)13-28-20(25)14-4-7-16(8-5-14)29(26,27)23-10-2-1-3-11-23/h4-9,12H,1-3,10-11,13H2. The molecule has 0 spiro atoms. The number of ketones is 1. The van der Waals surface area contributed by atoms with Crippen LogP contribution < -0.4 is 0 Å². The van der Waals surface area contributed by atoms with Crippen LogP contribution in [0.5, 0.6) is 0 Å². The second-order valence-electron chi connectivity index (χ2n) is 6.61. The average Bonchev–Trinajstić information content (AvgIpc) is 2.72. The Balaban J connectivity index is 1.63. The fourth-order valence-corrected chi connectivity index (χ4v) is 5.06. The lowest BCUT2D eigenvalue weighted by Gasteiger charge is -2.25. The molecule has 29 heavy (non-hydrogen) atoms. The van der Waals surface area contributed by atoms with Crippen molar-refractivity contribution in [2.45, 2.75) is 24.2 Å². The monoisotopic (exact) mass is 455 g/mol. The van der Waals surface area contributed by atoms with Crippen molar-refractivity contribution in [3.63, 3.8) is 0 Å². The lowest BCUT2D eigenvalue weighted by Crippen LogP contribution is -2.35. The van der Waals surface area contributed by atoms with Gasteiger partial charge in [-0.2, -0.15) is 4.31 Å². The molecule has 3 rings (SSSR count). The quantitative estimate of drug-likeness (QED) is 0.481. The molecule has 154 valence electrons. The van der Waals surface area contributed by atoms with Gasteiger partial charge < -0.3 is 4.74 Å². The molecule has 0 N–H and O–H groups in total. The first-order valence-electron chi connectivity index (χ1n) is 9.04. The van der Waals surface area contributed by atoms with Crippen molar-refractivity contribution < 1.29 is 22.7 Å². The highest BCUT2D eigenvalue weighted by Crippen LogP contribution is 2.22. The third kappa shape index (κ3) is 5.17. The van der Waals surface area contributed by atoms with Crippen LogP contribution in [0.4, 0.5) is 0 Å². The maximum Gasteiger partial charge on any atom is 0.338 e. The van der Waals surface area contributed by atoms with Crippen molar-refractivity contribution in [1.82, 2.24) is 4.31 Å². The molecule has 2 aromatic carbocycles. The lowest BCUT2D eigenvalue weighted by molar-refractivity contribution is 0.0474. The van der Waals surface area contributed by atoms with Gasteiger partial charge in [0.1, 0.15) is 0 Å². The van der Waals surface area contributed by atoms with Crippen LogP contribution in [0.1, 0.15) is 40.0 Å². The molecule has 2 aromatic rings. The largest absolute Gasteiger partial charge is 0.454 e. The predicted octanol–water partition coefficient (Wildman–Crippen LogP) is 4.21. The van der Waals surface area contributed by atoms with Crippen LogP contribution in [0.2, 0.25) is 10.0 Å². The van der Waals surface area contributed by atoms with Crippen LogP contribution in [-0.2, 0) is 14.8 Å². The van der Waals surface area contributed by atoms with Crippen LogP contribution in [0.3, 0.4) is 0 Å². The molecule has 1 saturated heterocycles. The van der Waals surface area contributed by atoms with Gasteiger partial charge in [0.25, 0.3) is 0 Å². The van der Waals surface area contributed by atoms with Gasteiger partial charge in [-0.15, -0.1) is 0 Å². The molecule has 1 aliphatic rings. The van der Waals surface area contributed by atoms with Crippen LogP contribution >= 0.6 is 23.2 Å².